The number of ether oxygens (including phenoxy) is 2. The number of para-hydroxylation sites is 3. The first-order chi connectivity index (χ1) is 13.8. The average Bonchev–Trinajstić information content (AvgIpc) is 2.73. The smallest absolute Gasteiger partial charge is 0.319 e. The minimum atomic E-state index is -0.189. The molecule has 0 saturated carbocycles. The van der Waals surface area contributed by atoms with E-state index in [2.05, 4.69) is 39.8 Å². The Kier molecular flexibility index (Phi) is 7.55. The number of urea groups is 1. The largest absolute Gasteiger partial charge is 0.491 e. The van der Waals surface area contributed by atoms with Gasteiger partial charge in [0.25, 0.3) is 0 Å². The van der Waals surface area contributed by atoms with E-state index in [1.807, 2.05) is 30.3 Å². The molecule has 0 atom stereocenters. The summed E-state index contributed by atoms with van der Waals surface area (Å²) in [5.74, 6) is 0.674. The lowest BCUT2D eigenvalue weighted by Gasteiger charge is -2.34. The highest BCUT2D eigenvalue weighted by molar-refractivity contribution is 5.91. The van der Waals surface area contributed by atoms with Gasteiger partial charge in [-0.2, -0.15) is 0 Å². The maximum absolute atomic E-state index is 12.4. The molecule has 2 N–H and O–H groups in total. The van der Waals surface area contributed by atoms with Crippen LogP contribution in [-0.2, 0) is 4.74 Å². The quantitative estimate of drug-likeness (QED) is 0.679. The standard InChI is InChI=1S/C22H29N3O3/c1-27-16-7-17-28-21-11-6-5-10-20(21)24-22(26)23-18-12-14-25(15-13-18)19-8-3-2-4-9-19/h2-6,8-11,18H,7,12-17H2,1H3,(H2,23,24,26). The number of hydrogen-bond donors (Lipinski definition) is 2. The minimum Gasteiger partial charge on any atom is -0.491 e. The first-order valence-electron chi connectivity index (χ1n) is 9.84. The predicted octanol–water partition coefficient (Wildman–Crippen LogP) is 3.89. The normalized spacial score (nSPS) is 14.5. The van der Waals surface area contributed by atoms with Gasteiger partial charge in [-0.1, -0.05) is 30.3 Å². The Hall–Kier alpha value is -2.73. The van der Waals surface area contributed by atoms with Crippen LogP contribution in [0.4, 0.5) is 16.2 Å². The molecule has 28 heavy (non-hydrogen) atoms. The number of carbonyl (C=O) groups excluding carboxylic acids is 1. The molecule has 150 valence electrons. The number of amides is 2. The Labute approximate surface area is 166 Å². The number of anilines is 2. The number of methoxy groups -OCH3 is 1. The van der Waals surface area contributed by atoms with Gasteiger partial charge < -0.3 is 25.0 Å². The Bertz CT molecular complexity index is 731. The van der Waals surface area contributed by atoms with E-state index < -0.39 is 0 Å². The highest BCUT2D eigenvalue weighted by atomic mass is 16.5. The summed E-state index contributed by atoms with van der Waals surface area (Å²) in [5, 5.41) is 6.01. The zero-order valence-electron chi connectivity index (χ0n) is 16.4. The summed E-state index contributed by atoms with van der Waals surface area (Å²) < 4.78 is 10.8. The van der Waals surface area contributed by atoms with Gasteiger partial charge in [-0.05, 0) is 37.1 Å². The molecule has 0 aromatic heterocycles. The van der Waals surface area contributed by atoms with Crippen molar-refractivity contribution in [3.05, 3.63) is 54.6 Å². The number of hydrogen-bond acceptors (Lipinski definition) is 4. The van der Waals surface area contributed by atoms with Gasteiger partial charge >= 0.3 is 6.03 Å². The van der Waals surface area contributed by atoms with Crippen LogP contribution in [0.3, 0.4) is 0 Å². The first-order valence-corrected chi connectivity index (χ1v) is 9.84. The van der Waals surface area contributed by atoms with Crippen molar-refractivity contribution in [3.8, 4) is 5.75 Å². The van der Waals surface area contributed by atoms with Crippen LogP contribution in [0.1, 0.15) is 19.3 Å². The zero-order valence-corrected chi connectivity index (χ0v) is 16.4. The van der Waals surface area contributed by atoms with E-state index in [4.69, 9.17) is 9.47 Å². The maximum Gasteiger partial charge on any atom is 0.319 e. The summed E-state index contributed by atoms with van der Waals surface area (Å²) in [6, 6.07) is 17.9. The molecule has 6 heteroatoms. The van der Waals surface area contributed by atoms with Crippen molar-refractivity contribution < 1.29 is 14.3 Å². The lowest BCUT2D eigenvalue weighted by Crippen LogP contribution is -2.46. The average molecular weight is 383 g/mol. The molecule has 0 bridgehead atoms. The molecule has 0 unspecified atom stereocenters. The lowest BCUT2D eigenvalue weighted by atomic mass is 10.0. The van der Waals surface area contributed by atoms with E-state index in [9.17, 15) is 4.79 Å². The van der Waals surface area contributed by atoms with Gasteiger partial charge in [0.15, 0.2) is 0 Å². The Morgan fingerprint density at radius 1 is 1.04 bits per heavy atom. The molecule has 1 saturated heterocycles. The summed E-state index contributed by atoms with van der Waals surface area (Å²) in [6.07, 6.45) is 2.66. The summed E-state index contributed by atoms with van der Waals surface area (Å²) >= 11 is 0. The van der Waals surface area contributed by atoms with Crippen molar-refractivity contribution in [1.29, 1.82) is 0 Å². The summed E-state index contributed by atoms with van der Waals surface area (Å²) in [5.41, 5.74) is 1.92. The van der Waals surface area contributed by atoms with Gasteiger partial charge in [-0.15, -0.1) is 0 Å². The molecule has 6 nitrogen and oxygen atoms in total. The second-order valence-electron chi connectivity index (χ2n) is 6.89. The summed E-state index contributed by atoms with van der Waals surface area (Å²) in [7, 11) is 1.67. The van der Waals surface area contributed by atoms with Crippen LogP contribution in [0.15, 0.2) is 54.6 Å². The van der Waals surface area contributed by atoms with Gasteiger partial charge in [0, 0.05) is 45.0 Å². The fraction of sp³-hybridized carbons (Fsp3) is 0.409. The second-order valence-corrected chi connectivity index (χ2v) is 6.89. The molecule has 0 radical (unpaired) electrons. The fourth-order valence-corrected chi connectivity index (χ4v) is 3.35. The van der Waals surface area contributed by atoms with Gasteiger partial charge in [-0.3, -0.25) is 0 Å². The minimum absolute atomic E-state index is 0.176. The number of piperidine rings is 1. The summed E-state index contributed by atoms with van der Waals surface area (Å²) in [4.78, 5) is 14.8. The van der Waals surface area contributed by atoms with Crippen LogP contribution in [0.25, 0.3) is 0 Å². The fourth-order valence-electron chi connectivity index (χ4n) is 3.35. The topological polar surface area (TPSA) is 62.8 Å². The zero-order chi connectivity index (χ0) is 19.6. The van der Waals surface area contributed by atoms with Crippen LogP contribution < -0.4 is 20.3 Å². The monoisotopic (exact) mass is 383 g/mol. The molecule has 1 aliphatic heterocycles. The van der Waals surface area contributed by atoms with Crippen molar-refractivity contribution >= 4 is 17.4 Å². The maximum atomic E-state index is 12.4. The molecule has 2 aromatic carbocycles. The number of nitrogens with zero attached hydrogens (tertiary/aromatic N) is 1. The molecule has 0 aliphatic carbocycles. The summed E-state index contributed by atoms with van der Waals surface area (Å²) in [6.45, 7) is 3.08. The van der Waals surface area contributed by atoms with Gasteiger partial charge in [0.1, 0.15) is 5.75 Å². The molecular formula is C22H29N3O3. The Balaban J connectivity index is 1.46. The SMILES string of the molecule is COCCCOc1ccccc1NC(=O)NC1CCN(c2ccccc2)CC1. The van der Waals surface area contributed by atoms with Crippen molar-refractivity contribution in [2.75, 3.05) is 43.6 Å². The third-order valence-corrected chi connectivity index (χ3v) is 4.84. The van der Waals surface area contributed by atoms with Gasteiger partial charge in [-0.25, -0.2) is 4.79 Å². The number of benzene rings is 2. The molecule has 2 aromatic rings. The molecule has 1 aliphatic rings. The molecular weight excluding hydrogens is 354 g/mol. The third-order valence-electron chi connectivity index (χ3n) is 4.84. The molecule has 1 fully saturated rings. The van der Waals surface area contributed by atoms with E-state index >= 15 is 0 Å². The van der Waals surface area contributed by atoms with Crippen LogP contribution in [0.5, 0.6) is 5.75 Å². The van der Waals surface area contributed by atoms with E-state index in [-0.39, 0.29) is 12.1 Å². The molecule has 2 amide bonds. The van der Waals surface area contributed by atoms with Crippen LogP contribution in [-0.4, -0.2) is 45.5 Å². The lowest BCUT2D eigenvalue weighted by molar-refractivity contribution is 0.172. The van der Waals surface area contributed by atoms with Gasteiger partial charge in [0.2, 0.25) is 0 Å². The Morgan fingerprint density at radius 2 is 1.75 bits per heavy atom. The highest BCUT2D eigenvalue weighted by Crippen LogP contribution is 2.24. The van der Waals surface area contributed by atoms with E-state index in [1.165, 1.54) is 5.69 Å². The van der Waals surface area contributed by atoms with E-state index in [0.717, 1.165) is 32.4 Å². The van der Waals surface area contributed by atoms with Crippen LogP contribution >= 0.6 is 0 Å². The molecule has 0 spiro atoms. The molecule has 3 rings (SSSR count). The highest BCUT2D eigenvalue weighted by Gasteiger charge is 2.21. The number of nitrogens with one attached hydrogen (secondary N) is 2. The van der Waals surface area contributed by atoms with Crippen LogP contribution in [0.2, 0.25) is 0 Å². The van der Waals surface area contributed by atoms with Crippen molar-refractivity contribution in [1.82, 2.24) is 5.32 Å². The van der Waals surface area contributed by atoms with Gasteiger partial charge in [0.05, 0.1) is 12.3 Å². The Morgan fingerprint density at radius 3 is 2.50 bits per heavy atom. The van der Waals surface area contributed by atoms with Crippen molar-refractivity contribution in [2.24, 2.45) is 0 Å². The van der Waals surface area contributed by atoms with Crippen molar-refractivity contribution in [2.45, 2.75) is 25.3 Å². The second kappa shape index (κ2) is 10.6. The first kappa shape index (κ1) is 20.0. The number of rotatable bonds is 8. The molecule has 1 heterocycles. The van der Waals surface area contributed by atoms with Crippen LogP contribution in [0, 0.1) is 0 Å². The number of carbonyl (C=O) groups is 1. The van der Waals surface area contributed by atoms with E-state index in [0.29, 0.717) is 24.7 Å². The van der Waals surface area contributed by atoms with Crippen molar-refractivity contribution in [3.63, 3.8) is 0 Å². The third kappa shape index (κ3) is 5.89. The van der Waals surface area contributed by atoms with E-state index in [1.54, 1.807) is 7.11 Å². The predicted molar refractivity (Wildman–Crippen MR) is 112 cm³/mol.